The topological polar surface area (TPSA) is 74.3 Å². The number of aromatic nitrogens is 1. The Morgan fingerprint density at radius 1 is 1.21 bits per heavy atom. The van der Waals surface area contributed by atoms with E-state index in [2.05, 4.69) is 31.4 Å². The highest BCUT2D eigenvalue weighted by Gasteiger charge is 2.41. The molecule has 29 heavy (non-hydrogen) atoms. The molecule has 1 aliphatic rings. The first-order valence-electron chi connectivity index (χ1n) is 8.96. The van der Waals surface area contributed by atoms with Gasteiger partial charge in [-0.25, -0.2) is 8.42 Å². The van der Waals surface area contributed by atoms with Crippen LogP contribution in [-0.2, 0) is 10.0 Å². The Balaban J connectivity index is 1.76. The molecular weight excluding hydrogens is 424 g/mol. The van der Waals surface area contributed by atoms with Crippen molar-refractivity contribution in [2.45, 2.75) is 19.0 Å². The van der Waals surface area contributed by atoms with Crippen LogP contribution in [0.1, 0.15) is 28.2 Å². The van der Waals surface area contributed by atoms with Crippen LogP contribution in [0.2, 0.25) is 0 Å². The summed E-state index contributed by atoms with van der Waals surface area (Å²) in [6.07, 6.45) is 2.92. The fraction of sp³-hybridized carbons (Fsp3) is 0.200. The number of nitrogens with zero attached hydrogens (tertiary/aromatic N) is 2. The molecule has 2 atom stereocenters. The van der Waals surface area contributed by atoms with Crippen molar-refractivity contribution in [3.05, 3.63) is 76.2 Å². The van der Waals surface area contributed by atoms with Gasteiger partial charge in [0.25, 0.3) is 0 Å². The number of sulfonamides is 1. The van der Waals surface area contributed by atoms with Gasteiger partial charge in [0, 0.05) is 16.8 Å². The monoisotopic (exact) mass is 444 g/mol. The first kappa shape index (κ1) is 19.8. The van der Waals surface area contributed by atoms with E-state index in [4.69, 9.17) is 12.2 Å². The molecule has 2 N–H and O–H groups in total. The summed E-state index contributed by atoms with van der Waals surface area (Å²) in [7, 11) is -3.34. The third-order valence-electron chi connectivity index (χ3n) is 4.72. The van der Waals surface area contributed by atoms with Gasteiger partial charge in [-0.3, -0.25) is 9.71 Å². The van der Waals surface area contributed by atoms with Crippen LogP contribution in [0.4, 0.5) is 11.4 Å². The number of anilines is 2. The van der Waals surface area contributed by atoms with Crippen LogP contribution in [0, 0.1) is 6.92 Å². The SMILES string of the molecule is Cc1cc(N2C(=S)N[C@@H](c3ccccn3)[C@H]2c2cccs2)ccc1NS(C)(=O)=O. The van der Waals surface area contributed by atoms with E-state index in [0.717, 1.165) is 23.2 Å². The normalized spacial score (nSPS) is 19.2. The number of rotatable bonds is 5. The van der Waals surface area contributed by atoms with Gasteiger partial charge in [-0.1, -0.05) is 12.1 Å². The quantitative estimate of drug-likeness (QED) is 0.580. The van der Waals surface area contributed by atoms with Crippen molar-refractivity contribution in [1.82, 2.24) is 10.3 Å². The molecule has 0 amide bonds. The van der Waals surface area contributed by atoms with Crippen LogP contribution >= 0.6 is 23.6 Å². The highest BCUT2D eigenvalue weighted by Crippen LogP contribution is 2.43. The summed E-state index contributed by atoms with van der Waals surface area (Å²) in [5.41, 5.74) is 3.20. The number of thiophene rings is 1. The van der Waals surface area contributed by atoms with Crippen LogP contribution in [0.3, 0.4) is 0 Å². The molecule has 3 heterocycles. The van der Waals surface area contributed by atoms with Gasteiger partial charge in [-0.05, 0) is 66.5 Å². The zero-order valence-electron chi connectivity index (χ0n) is 15.9. The predicted molar refractivity (Wildman–Crippen MR) is 122 cm³/mol. The average molecular weight is 445 g/mol. The number of benzene rings is 1. The Kier molecular flexibility index (Phi) is 5.28. The average Bonchev–Trinajstić information content (AvgIpc) is 3.30. The van der Waals surface area contributed by atoms with Crippen LogP contribution < -0.4 is 14.9 Å². The molecular formula is C20H20N4O2S3. The Labute approximate surface area is 179 Å². The lowest BCUT2D eigenvalue weighted by molar-refractivity contribution is 0.575. The van der Waals surface area contributed by atoms with E-state index in [1.807, 2.05) is 43.3 Å². The number of aryl methyl sites for hydroxylation is 1. The highest BCUT2D eigenvalue weighted by molar-refractivity contribution is 7.92. The van der Waals surface area contributed by atoms with Crippen LogP contribution in [-0.4, -0.2) is 24.8 Å². The molecule has 0 radical (unpaired) electrons. The van der Waals surface area contributed by atoms with E-state index in [1.165, 1.54) is 4.88 Å². The minimum absolute atomic E-state index is 0.0504. The summed E-state index contributed by atoms with van der Waals surface area (Å²) >= 11 is 7.37. The zero-order valence-corrected chi connectivity index (χ0v) is 18.3. The Morgan fingerprint density at radius 3 is 2.66 bits per heavy atom. The Morgan fingerprint density at radius 2 is 2.03 bits per heavy atom. The van der Waals surface area contributed by atoms with Gasteiger partial charge in [0.1, 0.15) is 0 Å². The zero-order chi connectivity index (χ0) is 20.6. The molecule has 4 rings (SSSR count). The van der Waals surface area contributed by atoms with E-state index < -0.39 is 10.0 Å². The summed E-state index contributed by atoms with van der Waals surface area (Å²) in [5.74, 6) is 0. The fourth-order valence-corrected chi connectivity index (χ4v) is 5.32. The molecule has 9 heteroatoms. The molecule has 150 valence electrons. The maximum absolute atomic E-state index is 11.6. The number of nitrogens with one attached hydrogen (secondary N) is 2. The van der Waals surface area contributed by atoms with Gasteiger partial charge in [0.15, 0.2) is 5.11 Å². The Bertz CT molecular complexity index is 1130. The summed E-state index contributed by atoms with van der Waals surface area (Å²) in [5, 5.41) is 6.08. The van der Waals surface area contributed by atoms with Gasteiger partial charge in [0.05, 0.1) is 29.7 Å². The lowest BCUT2D eigenvalue weighted by atomic mass is 10.0. The third-order valence-corrected chi connectivity index (χ3v) is 6.56. The second-order valence-corrected chi connectivity index (χ2v) is 10.00. The first-order chi connectivity index (χ1) is 13.8. The van der Waals surface area contributed by atoms with Gasteiger partial charge in [-0.15, -0.1) is 11.3 Å². The minimum atomic E-state index is -3.34. The number of hydrogen-bond donors (Lipinski definition) is 2. The second-order valence-electron chi connectivity index (χ2n) is 6.89. The summed E-state index contributed by atoms with van der Waals surface area (Å²) in [6.45, 7) is 1.87. The maximum Gasteiger partial charge on any atom is 0.229 e. The van der Waals surface area contributed by atoms with Crippen molar-refractivity contribution in [2.24, 2.45) is 0 Å². The first-order valence-corrected chi connectivity index (χ1v) is 12.1. The van der Waals surface area contributed by atoms with Gasteiger partial charge in [0.2, 0.25) is 10.0 Å². The third kappa shape index (κ3) is 4.12. The van der Waals surface area contributed by atoms with E-state index in [1.54, 1.807) is 23.6 Å². The van der Waals surface area contributed by atoms with Gasteiger partial charge < -0.3 is 10.2 Å². The highest BCUT2D eigenvalue weighted by atomic mass is 32.2. The summed E-state index contributed by atoms with van der Waals surface area (Å²) in [4.78, 5) is 7.79. The summed E-state index contributed by atoms with van der Waals surface area (Å²) in [6, 6.07) is 15.5. The molecule has 3 aromatic rings. The van der Waals surface area contributed by atoms with Crippen molar-refractivity contribution in [3.63, 3.8) is 0 Å². The molecule has 0 aliphatic carbocycles. The molecule has 0 spiro atoms. The van der Waals surface area contributed by atoms with Crippen molar-refractivity contribution in [1.29, 1.82) is 0 Å². The van der Waals surface area contributed by atoms with Crippen molar-refractivity contribution in [2.75, 3.05) is 15.9 Å². The molecule has 0 unspecified atom stereocenters. The standard InChI is InChI=1S/C20H20N4O2S3/c1-13-12-14(8-9-15(13)23-29(2,25)26)24-19(17-7-5-11-28-17)18(22-20(24)27)16-6-3-4-10-21-16/h3-12,18-19,23H,1-2H3,(H,22,27)/t18-,19+/m0/s1. The van der Waals surface area contributed by atoms with Crippen LogP contribution in [0.15, 0.2) is 60.1 Å². The molecule has 6 nitrogen and oxygen atoms in total. The molecule has 1 fully saturated rings. The van der Waals surface area contributed by atoms with E-state index in [-0.39, 0.29) is 12.1 Å². The minimum Gasteiger partial charge on any atom is -0.351 e. The fourth-order valence-electron chi connectivity index (χ4n) is 3.49. The number of thiocarbonyl (C=S) groups is 1. The van der Waals surface area contributed by atoms with Crippen molar-refractivity contribution < 1.29 is 8.42 Å². The molecule has 0 bridgehead atoms. The number of hydrogen-bond acceptors (Lipinski definition) is 5. The molecule has 1 saturated heterocycles. The molecule has 1 aliphatic heterocycles. The van der Waals surface area contributed by atoms with E-state index >= 15 is 0 Å². The van der Waals surface area contributed by atoms with E-state index in [9.17, 15) is 8.42 Å². The second kappa shape index (κ2) is 7.74. The smallest absolute Gasteiger partial charge is 0.229 e. The van der Waals surface area contributed by atoms with Crippen molar-refractivity contribution in [3.8, 4) is 0 Å². The van der Waals surface area contributed by atoms with E-state index in [0.29, 0.717) is 10.8 Å². The Hall–Kier alpha value is -2.49. The summed E-state index contributed by atoms with van der Waals surface area (Å²) < 4.78 is 25.7. The lowest BCUT2D eigenvalue weighted by Gasteiger charge is -2.27. The number of pyridine rings is 1. The predicted octanol–water partition coefficient (Wildman–Crippen LogP) is 4.00. The van der Waals surface area contributed by atoms with Gasteiger partial charge >= 0.3 is 0 Å². The molecule has 1 aromatic carbocycles. The largest absolute Gasteiger partial charge is 0.351 e. The maximum atomic E-state index is 11.6. The van der Waals surface area contributed by atoms with Gasteiger partial charge in [-0.2, -0.15) is 0 Å². The van der Waals surface area contributed by atoms with Crippen LogP contribution in [0.25, 0.3) is 0 Å². The van der Waals surface area contributed by atoms with Crippen LogP contribution in [0.5, 0.6) is 0 Å². The molecule has 2 aromatic heterocycles. The molecule has 0 saturated carbocycles. The van der Waals surface area contributed by atoms with Crippen molar-refractivity contribution >= 4 is 50.1 Å². The lowest BCUT2D eigenvalue weighted by Crippen LogP contribution is -2.29.